The molecule has 122 valence electrons. The third-order valence-corrected chi connectivity index (χ3v) is 2.89. The minimum atomic E-state index is -4.86. The van der Waals surface area contributed by atoms with Crippen LogP contribution < -0.4 is 9.47 Å². The van der Waals surface area contributed by atoms with Gasteiger partial charge in [0, 0.05) is 6.07 Å². The van der Waals surface area contributed by atoms with Gasteiger partial charge in [0.1, 0.15) is 17.1 Å². The predicted molar refractivity (Wildman–Crippen MR) is 71.4 cm³/mol. The number of hydrogen-bond donors (Lipinski definition) is 1. The van der Waals surface area contributed by atoms with Gasteiger partial charge >= 0.3 is 12.1 Å². The van der Waals surface area contributed by atoms with Gasteiger partial charge in [-0.3, -0.25) is 0 Å². The summed E-state index contributed by atoms with van der Waals surface area (Å²) in [4.78, 5) is 11.2. The van der Waals surface area contributed by atoms with Crippen molar-refractivity contribution in [2.24, 2.45) is 0 Å². The Morgan fingerprint density at radius 1 is 1.09 bits per heavy atom. The number of carboxylic acids is 1. The second kappa shape index (κ2) is 6.15. The van der Waals surface area contributed by atoms with Crippen molar-refractivity contribution in [3.8, 4) is 17.2 Å². The lowest BCUT2D eigenvalue weighted by atomic mass is 10.1. The van der Waals surface area contributed by atoms with Crippen LogP contribution >= 0.6 is 0 Å². The molecule has 0 spiro atoms. The lowest BCUT2D eigenvalue weighted by Crippen LogP contribution is -2.14. The summed E-state index contributed by atoms with van der Waals surface area (Å²) in [5.74, 6) is -3.17. The van der Waals surface area contributed by atoms with Gasteiger partial charge < -0.3 is 14.6 Å². The summed E-state index contributed by atoms with van der Waals surface area (Å²) in [5, 5.41) is 9.09. The molecule has 0 radical (unpaired) electrons. The number of rotatable bonds is 4. The van der Waals surface area contributed by atoms with E-state index in [4.69, 9.17) is 14.6 Å². The van der Waals surface area contributed by atoms with E-state index in [2.05, 4.69) is 0 Å². The van der Waals surface area contributed by atoms with Gasteiger partial charge in [-0.1, -0.05) is 6.07 Å². The average molecular weight is 330 g/mol. The fraction of sp³-hybridized carbons (Fsp3) is 0.133. The van der Waals surface area contributed by atoms with Gasteiger partial charge in [-0.05, 0) is 24.3 Å². The third kappa shape index (κ3) is 3.53. The molecule has 0 aromatic heterocycles. The molecule has 2 rings (SSSR count). The number of halogens is 4. The minimum absolute atomic E-state index is 0.0845. The van der Waals surface area contributed by atoms with E-state index in [0.29, 0.717) is 6.07 Å². The summed E-state index contributed by atoms with van der Waals surface area (Å²) in [6.45, 7) is 0. The fourth-order valence-corrected chi connectivity index (χ4v) is 1.92. The summed E-state index contributed by atoms with van der Waals surface area (Å²) in [5.41, 5.74) is -2.38. The van der Waals surface area contributed by atoms with Crippen molar-refractivity contribution in [3.63, 3.8) is 0 Å². The predicted octanol–water partition coefficient (Wildman–Crippen LogP) is 4.34. The fourth-order valence-electron chi connectivity index (χ4n) is 1.92. The zero-order valence-electron chi connectivity index (χ0n) is 11.6. The van der Waals surface area contributed by atoms with Gasteiger partial charge in [-0.15, -0.1) is 0 Å². The van der Waals surface area contributed by atoms with Gasteiger partial charge in [-0.2, -0.15) is 13.2 Å². The van der Waals surface area contributed by atoms with Gasteiger partial charge in [0.25, 0.3) is 0 Å². The van der Waals surface area contributed by atoms with Crippen LogP contribution in [0, 0.1) is 5.82 Å². The van der Waals surface area contributed by atoms with Gasteiger partial charge in [0.15, 0.2) is 11.5 Å². The first-order valence-electron chi connectivity index (χ1n) is 6.19. The molecule has 0 heterocycles. The molecule has 4 nitrogen and oxygen atoms in total. The normalized spacial score (nSPS) is 11.2. The standard InChI is InChI=1S/C15H10F4O4/c1-22-12-7-8(16)5-6-10(12)23-11-4-2-3-9(15(17,18)19)13(11)14(20)21/h2-7H,1H3,(H,20,21). The third-order valence-electron chi connectivity index (χ3n) is 2.89. The largest absolute Gasteiger partial charge is 0.493 e. The Labute approximate surface area is 127 Å². The van der Waals surface area contributed by atoms with Gasteiger partial charge in [0.05, 0.1) is 12.7 Å². The molecule has 0 unspecified atom stereocenters. The van der Waals surface area contributed by atoms with E-state index < -0.39 is 34.8 Å². The smallest absolute Gasteiger partial charge is 0.417 e. The van der Waals surface area contributed by atoms with E-state index in [-0.39, 0.29) is 11.5 Å². The van der Waals surface area contributed by atoms with Gasteiger partial charge in [-0.25, -0.2) is 9.18 Å². The topological polar surface area (TPSA) is 55.8 Å². The Hall–Kier alpha value is -2.77. The maximum absolute atomic E-state index is 13.1. The zero-order valence-corrected chi connectivity index (χ0v) is 11.6. The molecule has 8 heteroatoms. The number of carbonyl (C=O) groups is 1. The highest BCUT2D eigenvalue weighted by atomic mass is 19.4. The lowest BCUT2D eigenvalue weighted by molar-refractivity contribution is -0.138. The summed E-state index contributed by atoms with van der Waals surface area (Å²) < 4.78 is 62.0. The molecule has 0 aliphatic heterocycles. The highest BCUT2D eigenvalue weighted by Gasteiger charge is 2.37. The number of benzene rings is 2. The van der Waals surface area contributed by atoms with Crippen molar-refractivity contribution in [1.82, 2.24) is 0 Å². The second-order valence-corrected chi connectivity index (χ2v) is 4.38. The van der Waals surface area contributed by atoms with E-state index in [1.165, 1.54) is 7.11 Å². The summed E-state index contributed by atoms with van der Waals surface area (Å²) in [7, 11) is 1.21. The maximum atomic E-state index is 13.1. The maximum Gasteiger partial charge on any atom is 0.417 e. The van der Waals surface area contributed by atoms with Crippen molar-refractivity contribution in [3.05, 3.63) is 53.3 Å². The minimum Gasteiger partial charge on any atom is -0.493 e. The number of hydrogen-bond acceptors (Lipinski definition) is 3. The first-order valence-corrected chi connectivity index (χ1v) is 6.19. The molecule has 1 N–H and O–H groups in total. The van der Waals surface area contributed by atoms with Crippen LogP contribution in [0.25, 0.3) is 0 Å². The molecule has 0 atom stereocenters. The number of alkyl halides is 3. The molecule has 23 heavy (non-hydrogen) atoms. The zero-order chi connectivity index (χ0) is 17.2. The highest BCUT2D eigenvalue weighted by Crippen LogP contribution is 2.39. The quantitative estimate of drug-likeness (QED) is 0.847. The van der Waals surface area contributed by atoms with Gasteiger partial charge in [0.2, 0.25) is 0 Å². The SMILES string of the molecule is COc1cc(F)ccc1Oc1cccc(C(F)(F)F)c1C(=O)O. The summed E-state index contributed by atoms with van der Waals surface area (Å²) >= 11 is 0. The first-order chi connectivity index (χ1) is 10.7. The molecule has 0 saturated heterocycles. The van der Waals surface area contributed by atoms with Crippen LogP contribution in [0.15, 0.2) is 36.4 Å². The van der Waals surface area contributed by atoms with Crippen LogP contribution in [0.3, 0.4) is 0 Å². The van der Waals surface area contributed by atoms with E-state index in [1.807, 2.05) is 0 Å². The van der Waals surface area contributed by atoms with E-state index in [0.717, 1.165) is 30.3 Å². The molecule has 0 amide bonds. The van der Waals surface area contributed by atoms with Crippen LogP contribution in [0.5, 0.6) is 17.2 Å². The van der Waals surface area contributed by atoms with Crippen molar-refractivity contribution in [2.75, 3.05) is 7.11 Å². The first kappa shape index (κ1) is 16.6. The number of ether oxygens (including phenoxy) is 2. The van der Waals surface area contributed by atoms with Crippen LogP contribution in [-0.4, -0.2) is 18.2 Å². The molecule has 0 saturated carbocycles. The van der Waals surface area contributed by atoms with Crippen LogP contribution in [0.2, 0.25) is 0 Å². The highest BCUT2D eigenvalue weighted by molar-refractivity contribution is 5.93. The van der Waals surface area contributed by atoms with E-state index in [1.54, 1.807) is 0 Å². The Kier molecular flexibility index (Phi) is 4.44. The molecule has 0 bridgehead atoms. The second-order valence-electron chi connectivity index (χ2n) is 4.38. The molecular formula is C15H10F4O4. The Balaban J connectivity index is 2.55. The van der Waals surface area contributed by atoms with E-state index >= 15 is 0 Å². The molecule has 0 aliphatic carbocycles. The van der Waals surface area contributed by atoms with Crippen molar-refractivity contribution in [1.29, 1.82) is 0 Å². The van der Waals surface area contributed by atoms with Crippen LogP contribution in [0.4, 0.5) is 17.6 Å². The van der Waals surface area contributed by atoms with Crippen molar-refractivity contribution < 1.29 is 36.9 Å². The number of methoxy groups -OCH3 is 1. The van der Waals surface area contributed by atoms with Crippen molar-refractivity contribution >= 4 is 5.97 Å². The Morgan fingerprint density at radius 2 is 1.78 bits per heavy atom. The number of carboxylic acid groups (broad SMARTS) is 1. The Bertz CT molecular complexity index is 741. The van der Waals surface area contributed by atoms with Crippen molar-refractivity contribution in [2.45, 2.75) is 6.18 Å². The summed E-state index contributed by atoms with van der Waals surface area (Å²) in [6.07, 6.45) is -4.86. The molecule has 2 aromatic carbocycles. The van der Waals surface area contributed by atoms with Crippen LogP contribution in [0.1, 0.15) is 15.9 Å². The lowest BCUT2D eigenvalue weighted by Gasteiger charge is -2.15. The molecule has 0 aliphatic rings. The number of aromatic carboxylic acids is 1. The molecular weight excluding hydrogens is 320 g/mol. The van der Waals surface area contributed by atoms with E-state index in [9.17, 15) is 22.4 Å². The summed E-state index contributed by atoms with van der Waals surface area (Å²) in [6, 6.07) is 5.82. The monoisotopic (exact) mass is 330 g/mol. The van der Waals surface area contributed by atoms with Crippen LogP contribution in [-0.2, 0) is 6.18 Å². The molecule has 0 fully saturated rings. The molecule has 2 aromatic rings. The average Bonchev–Trinajstić information content (AvgIpc) is 2.47. The Morgan fingerprint density at radius 3 is 2.35 bits per heavy atom.